The van der Waals surface area contributed by atoms with Crippen LogP contribution in [0.3, 0.4) is 0 Å². The van der Waals surface area contributed by atoms with Crippen molar-refractivity contribution in [2.24, 2.45) is 0 Å². The van der Waals surface area contributed by atoms with E-state index in [2.05, 4.69) is 4.98 Å². The minimum Gasteiger partial charge on any atom is -0.383 e. The topological polar surface area (TPSA) is 148 Å². The van der Waals surface area contributed by atoms with Crippen LogP contribution in [0.2, 0.25) is 0 Å². The minimum atomic E-state index is -1.23. The number of carbonyl (C=O) groups is 3. The summed E-state index contributed by atoms with van der Waals surface area (Å²) < 4.78 is 6.22. The lowest BCUT2D eigenvalue weighted by Gasteiger charge is -2.30. The fourth-order valence-corrected chi connectivity index (χ4v) is 3.69. The number of nitrogen functional groups attached to an aromatic ring is 1. The van der Waals surface area contributed by atoms with Crippen molar-refractivity contribution in [1.29, 1.82) is 0 Å². The lowest BCUT2D eigenvalue weighted by atomic mass is 10.1. The number of carbonyl (C=O) groups excluding carboxylic acids is 3. The molecule has 0 saturated heterocycles. The van der Waals surface area contributed by atoms with Gasteiger partial charge in [-0.2, -0.15) is 0 Å². The van der Waals surface area contributed by atoms with Gasteiger partial charge in [0.1, 0.15) is 11.9 Å². The molecule has 0 aliphatic carbocycles. The smallest absolute Gasteiger partial charge is 0.330 e. The molecule has 11 heteroatoms. The maximum Gasteiger partial charge on any atom is 0.330 e. The van der Waals surface area contributed by atoms with Crippen molar-refractivity contribution in [3.63, 3.8) is 0 Å². The van der Waals surface area contributed by atoms with Crippen molar-refractivity contribution in [3.8, 4) is 0 Å². The van der Waals surface area contributed by atoms with Gasteiger partial charge in [0.25, 0.3) is 17.4 Å². The molecule has 11 nitrogen and oxygen atoms in total. The number of aromatic amines is 1. The summed E-state index contributed by atoms with van der Waals surface area (Å²) in [5.74, 6) is -2.10. The zero-order chi connectivity index (χ0) is 23.6. The first-order chi connectivity index (χ1) is 15.2. The number of amides is 3. The molecule has 1 aromatic carbocycles. The van der Waals surface area contributed by atoms with Gasteiger partial charge in [0, 0.05) is 20.2 Å². The van der Waals surface area contributed by atoms with Crippen molar-refractivity contribution in [2.75, 3.05) is 30.9 Å². The van der Waals surface area contributed by atoms with Crippen molar-refractivity contribution < 1.29 is 19.1 Å². The van der Waals surface area contributed by atoms with Gasteiger partial charge >= 0.3 is 5.69 Å². The van der Waals surface area contributed by atoms with E-state index in [0.717, 1.165) is 14.4 Å². The third kappa shape index (κ3) is 3.82. The predicted molar refractivity (Wildman–Crippen MR) is 117 cm³/mol. The first kappa shape index (κ1) is 22.9. The number of rotatable bonds is 8. The number of ether oxygens (including phenoxy) is 1. The molecule has 170 valence electrons. The van der Waals surface area contributed by atoms with E-state index < -0.39 is 35.0 Å². The number of methoxy groups -OCH3 is 1. The molecule has 2 heterocycles. The number of fused-ring (bicyclic) bond motifs is 1. The fraction of sp³-hybridized carbons (Fsp3) is 0.381. The Morgan fingerprint density at radius 3 is 2.28 bits per heavy atom. The molecule has 3 N–H and O–H groups in total. The molecule has 32 heavy (non-hydrogen) atoms. The Kier molecular flexibility index (Phi) is 6.58. The highest BCUT2D eigenvalue weighted by Gasteiger charge is 2.42. The van der Waals surface area contributed by atoms with Crippen molar-refractivity contribution in [3.05, 3.63) is 56.2 Å². The third-order valence-electron chi connectivity index (χ3n) is 5.29. The number of nitrogens with two attached hydrogens (primary N) is 1. The average molecular weight is 443 g/mol. The maximum absolute atomic E-state index is 13.5. The Bertz CT molecular complexity index is 1150. The number of benzene rings is 1. The minimum absolute atomic E-state index is 0.0480. The van der Waals surface area contributed by atoms with Crippen LogP contribution >= 0.6 is 0 Å². The lowest BCUT2D eigenvalue weighted by molar-refractivity contribution is -0.122. The Morgan fingerprint density at radius 2 is 1.75 bits per heavy atom. The zero-order valence-corrected chi connectivity index (χ0v) is 18.1. The molecule has 1 aromatic heterocycles. The van der Waals surface area contributed by atoms with Crippen molar-refractivity contribution in [2.45, 2.75) is 32.9 Å². The van der Waals surface area contributed by atoms with E-state index in [1.807, 2.05) is 6.92 Å². The summed E-state index contributed by atoms with van der Waals surface area (Å²) in [4.78, 5) is 68.0. The largest absolute Gasteiger partial charge is 0.383 e. The number of nitrogens with one attached hydrogen (secondary N) is 1. The van der Waals surface area contributed by atoms with Crippen molar-refractivity contribution in [1.82, 2.24) is 14.5 Å². The molecule has 0 saturated carbocycles. The van der Waals surface area contributed by atoms with Crippen LogP contribution in [0, 0.1) is 0 Å². The van der Waals surface area contributed by atoms with Gasteiger partial charge in [-0.25, -0.2) is 4.79 Å². The normalized spacial score (nSPS) is 13.9. The van der Waals surface area contributed by atoms with E-state index in [0.29, 0.717) is 6.42 Å². The Labute approximate surface area is 183 Å². The third-order valence-corrected chi connectivity index (χ3v) is 5.29. The van der Waals surface area contributed by atoms with Crippen LogP contribution in [0.15, 0.2) is 33.9 Å². The van der Waals surface area contributed by atoms with Gasteiger partial charge in [-0.3, -0.25) is 33.6 Å². The van der Waals surface area contributed by atoms with Crippen LogP contribution in [-0.2, 0) is 16.1 Å². The number of hydrogen-bond acceptors (Lipinski definition) is 7. The molecule has 0 bridgehead atoms. The molecule has 0 radical (unpaired) electrons. The molecule has 3 rings (SSSR count). The van der Waals surface area contributed by atoms with Crippen LogP contribution in [0.4, 0.5) is 11.5 Å². The first-order valence-corrected chi connectivity index (χ1v) is 10.1. The molecular weight excluding hydrogens is 418 g/mol. The molecule has 2 aromatic rings. The number of H-pyrrole nitrogens is 1. The number of nitrogens with zero attached hydrogens (tertiary/aromatic N) is 3. The molecular formula is C21H25N5O6. The summed E-state index contributed by atoms with van der Waals surface area (Å²) in [6.07, 6.45) is 0.563. The van der Waals surface area contributed by atoms with Gasteiger partial charge in [-0.1, -0.05) is 19.1 Å². The Hall–Kier alpha value is -3.73. The highest BCUT2D eigenvalue weighted by Crippen LogP contribution is 2.26. The van der Waals surface area contributed by atoms with Gasteiger partial charge in [-0.05, 0) is 25.5 Å². The van der Waals surface area contributed by atoms with Crippen LogP contribution in [0.5, 0.6) is 0 Å². The summed E-state index contributed by atoms with van der Waals surface area (Å²) in [5.41, 5.74) is 4.76. The summed E-state index contributed by atoms with van der Waals surface area (Å²) in [6.45, 7) is 3.42. The second-order valence-corrected chi connectivity index (χ2v) is 7.33. The van der Waals surface area contributed by atoms with E-state index in [4.69, 9.17) is 10.5 Å². The van der Waals surface area contributed by atoms with E-state index in [1.165, 1.54) is 26.2 Å². The second-order valence-electron chi connectivity index (χ2n) is 7.33. The molecule has 1 aliphatic rings. The standard InChI is InChI=1S/C21H25N5O6/c1-4-9-25-16(22)15(17(27)23-21(25)31)24(10-11-32-3)18(28)12(2)26-19(29)13-7-5-6-8-14(13)20(26)30/h5-8,12H,4,9-11,22H2,1-3H3,(H,23,27,31). The van der Waals surface area contributed by atoms with Crippen LogP contribution < -0.4 is 21.9 Å². The highest BCUT2D eigenvalue weighted by atomic mass is 16.5. The number of hydrogen-bond donors (Lipinski definition) is 2. The number of anilines is 2. The van der Waals surface area contributed by atoms with E-state index >= 15 is 0 Å². The van der Waals surface area contributed by atoms with Crippen LogP contribution in [0.1, 0.15) is 41.0 Å². The van der Waals surface area contributed by atoms with Gasteiger partial charge in [-0.15, -0.1) is 0 Å². The maximum atomic E-state index is 13.5. The summed E-state index contributed by atoms with van der Waals surface area (Å²) >= 11 is 0. The molecule has 0 spiro atoms. The van der Waals surface area contributed by atoms with Crippen LogP contribution in [0.25, 0.3) is 0 Å². The molecule has 0 fully saturated rings. The monoisotopic (exact) mass is 443 g/mol. The molecule has 3 amide bonds. The Balaban J connectivity index is 2.04. The predicted octanol–water partition coefficient (Wildman–Crippen LogP) is 0.193. The molecule has 1 atom stereocenters. The van der Waals surface area contributed by atoms with Gasteiger partial charge in [0.05, 0.1) is 17.7 Å². The number of aromatic nitrogens is 2. The van der Waals surface area contributed by atoms with Crippen LogP contribution in [-0.4, -0.2) is 58.5 Å². The zero-order valence-electron chi connectivity index (χ0n) is 18.1. The lowest BCUT2D eigenvalue weighted by Crippen LogP contribution is -2.52. The summed E-state index contributed by atoms with van der Waals surface area (Å²) in [6, 6.07) is 5.05. The average Bonchev–Trinajstić information content (AvgIpc) is 3.02. The molecule has 1 unspecified atom stereocenters. The second kappa shape index (κ2) is 9.18. The van der Waals surface area contributed by atoms with E-state index in [-0.39, 0.29) is 42.3 Å². The van der Waals surface area contributed by atoms with Crippen molar-refractivity contribution >= 4 is 29.2 Å². The van der Waals surface area contributed by atoms with E-state index in [9.17, 15) is 24.0 Å². The quantitative estimate of drug-likeness (QED) is 0.554. The summed E-state index contributed by atoms with van der Waals surface area (Å²) in [5, 5.41) is 0. The Morgan fingerprint density at radius 1 is 1.16 bits per heavy atom. The SMILES string of the molecule is CCCn1c(N)c(N(CCOC)C(=O)C(C)N2C(=O)c3ccccc3C2=O)c(=O)[nH]c1=O. The van der Waals surface area contributed by atoms with E-state index in [1.54, 1.807) is 12.1 Å². The number of imide groups is 1. The van der Waals surface area contributed by atoms with Gasteiger partial charge < -0.3 is 15.4 Å². The van der Waals surface area contributed by atoms with Gasteiger partial charge in [0.15, 0.2) is 5.69 Å². The summed E-state index contributed by atoms with van der Waals surface area (Å²) in [7, 11) is 1.42. The first-order valence-electron chi connectivity index (χ1n) is 10.1. The fourth-order valence-electron chi connectivity index (χ4n) is 3.69. The van der Waals surface area contributed by atoms with Gasteiger partial charge in [0.2, 0.25) is 5.91 Å². The highest BCUT2D eigenvalue weighted by molar-refractivity contribution is 6.23. The molecule has 1 aliphatic heterocycles.